The summed E-state index contributed by atoms with van der Waals surface area (Å²) < 4.78 is 11.6. The van der Waals surface area contributed by atoms with Crippen LogP contribution in [0, 0.1) is 5.92 Å². The maximum absolute atomic E-state index is 5.97. The summed E-state index contributed by atoms with van der Waals surface area (Å²) in [4.78, 5) is 0. The van der Waals surface area contributed by atoms with Crippen LogP contribution in [0.25, 0.3) is 0 Å². The standard InChI is InChI=1S/C17H27NO2/c1-13(2)16-12-17(8-10-18,9-11-20-16)14-6-4-5-7-15(14)19-3/h4-7,13,16H,8-12,18H2,1-3H3/p+1/t16-,17-/m1/s1. The van der Waals surface area contributed by atoms with E-state index in [4.69, 9.17) is 9.47 Å². The van der Waals surface area contributed by atoms with Gasteiger partial charge in [-0.25, -0.2) is 0 Å². The van der Waals surface area contributed by atoms with Crippen molar-refractivity contribution in [1.29, 1.82) is 0 Å². The third kappa shape index (κ3) is 2.99. The van der Waals surface area contributed by atoms with Gasteiger partial charge in [-0.1, -0.05) is 32.0 Å². The monoisotopic (exact) mass is 278 g/mol. The van der Waals surface area contributed by atoms with Gasteiger partial charge in [0.05, 0.1) is 19.8 Å². The summed E-state index contributed by atoms with van der Waals surface area (Å²) in [6.07, 6.45) is 3.56. The van der Waals surface area contributed by atoms with E-state index in [9.17, 15) is 0 Å². The normalized spacial score (nSPS) is 26.8. The minimum absolute atomic E-state index is 0.154. The number of para-hydroxylation sites is 1. The van der Waals surface area contributed by atoms with Gasteiger partial charge in [-0.05, 0) is 24.8 Å². The Hall–Kier alpha value is -1.06. The van der Waals surface area contributed by atoms with Gasteiger partial charge in [0.15, 0.2) is 0 Å². The van der Waals surface area contributed by atoms with E-state index in [1.165, 1.54) is 5.56 Å². The summed E-state index contributed by atoms with van der Waals surface area (Å²) in [5, 5.41) is 0. The molecule has 0 unspecified atom stereocenters. The summed E-state index contributed by atoms with van der Waals surface area (Å²) in [5.41, 5.74) is 5.58. The molecule has 2 rings (SSSR count). The minimum atomic E-state index is 0.154. The zero-order chi connectivity index (χ0) is 14.6. The Morgan fingerprint density at radius 1 is 1.40 bits per heavy atom. The Balaban J connectivity index is 2.38. The molecule has 0 amide bonds. The molecule has 3 heteroatoms. The number of methoxy groups -OCH3 is 1. The third-order valence-electron chi connectivity index (χ3n) is 4.58. The molecule has 1 aromatic rings. The van der Waals surface area contributed by atoms with Crippen molar-refractivity contribution in [3.05, 3.63) is 29.8 Å². The average molecular weight is 278 g/mol. The second-order valence-electron chi connectivity index (χ2n) is 6.19. The van der Waals surface area contributed by atoms with Gasteiger partial charge in [-0.3, -0.25) is 0 Å². The van der Waals surface area contributed by atoms with Crippen LogP contribution in [-0.4, -0.2) is 26.4 Å². The van der Waals surface area contributed by atoms with E-state index >= 15 is 0 Å². The number of hydrogen-bond donors (Lipinski definition) is 1. The fraction of sp³-hybridized carbons (Fsp3) is 0.647. The molecule has 112 valence electrons. The SMILES string of the molecule is COc1ccccc1[C@]1(CC[NH3+])CCO[C@@H](C(C)C)C1. The van der Waals surface area contributed by atoms with E-state index in [0.717, 1.165) is 38.2 Å². The van der Waals surface area contributed by atoms with Crippen molar-refractivity contribution in [3.63, 3.8) is 0 Å². The van der Waals surface area contributed by atoms with Crippen LogP contribution in [0.3, 0.4) is 0 Å². The molecule has 20 heavy (non-hydrogen) atoms. The van der Waals surface area contributed by atoms with E-state index in [1.54, 1.807) is 7.11 Å². The lowest BCUT2D eigenvalue weighted by atomic mass is 9.68. The summed E-state index contributed by atoms with van der Waals surface area (Å²) in [6.45, 7) is 6.27. The highest BCUT2D eigenvalue weighted by atomic mass is 16.5. The van der Waals surface area contributed by atoms with E-state index in [2.05, 4.69) is 37.8 Å². The smallest absolute Gasteiger partial charge is 0.122 e. The number of ether oxygens (including phenoxy) is 2. The first-order valence-electron chi connectivity index (χ1n) is 7.67. The summed E-state index contributed by atoms with van der Waals surface area (Å²) in [5.74, 6) is 1.56. The second-order valence-corrected chi connectivity index (χ2v) is 6.19. The van der Waals surface area contributed by atoms with E-state index < -0.39 is 0 Å². The van der Waals surface area contributed by atoms with Crippen LogP contribution in [0.5, 0.6) is 5.75 Å². The van der Waals surface area contributed by atoms with Crippen molar-refractivity contribution in [2.24, 2.45) is 5.92 Å². The minimum Gasteiger partial charge on any atom is -0.496 e. The quantitative estimate of drug-likeness (QED) is 0.899. The molecule has 0 aromatic heterocycles. The number of hydrogen-bond acceptors (Lipinski definition) is 2. The molecule has 2 atom stereocenters. The average Bonchev–Trinajstić information content (AvgIpc) is 2.47. The van der Waals surface area contributed by atoms with Gasteiger partial charge in [0, 0.05) is 24.0 Å². The van der Waals surface area contributed by atoms with Crippen LogP contribution in [0.4, 0.5) is 0 Å². The topological polar surface area (TPSA) is 46.1 Å². The molecule has 3 N–H and O–H groups in total. The first-order valence-corrected chi connectivity index (χ1v) is 7.67. The molecule has 0 radical (unpaired) electrons. The first kappa shape index (κ1) is 15.3. The van der Waals surface area contributed by atoms with E-state index in [-0.39, 0.29) is 5.41 Å². The molecule has 1 saturated heterocycles. The predicted molar refractivity (Wildman–Crippen MR) is 80.9 cm³/mol. The molecule has 1 aromatic carbocycles. The Morgan fingerprint density at radius 2 is 2.15 bits per heavy atom. The Kier molecular flexibility index (Phi) is 5.06. The Bertz CT molecular complexity index is 429. The molecule has 0 spiro atoms. The predicted octanol–water partition coefficient (Wildman–Crippen LogP) is 2.40. The van der Waals surface area contributed by atoms with Crippen molar-refractivity contribution < 1.29 is 15.2 Å². The second kappa shape index (κ2) is 6.59. The number of rotatable bonds is 5. The van der Waals surface area contributed by atoms with Crippen LogP contribution >= 0.6 is 0 Å². The van der Waals surface area contributed by atoms with Crippen LogP contribution in [-0.2, 0) is 10.2 Å². The largest absolute Gasteiger partial charge is 0.496 e. The van der Waals surface area contributed by atoms with Gasteiger partial charge in [0.25, 0.3) is 0 Å². The lowest BCUT2D eigenvalue weighted by molar-refractivity contribution is -0.371. The van der Waals surface area contributed by atoms with E-state index in [0.29, 0.717) is 12.0 Å². The van der Waals surface area contributed by atoms with E-state index in [1.807, 2.05) is 6.07 Å². The van der Waals surface area contributed by atoms with Gasteiger partial charge in [0.2, 0.25) is 0 Å². The van der Waals surface area contributed by atoms with Crippen molar-refractivity contribution in [2.75, 3.05) is 20.3 Å². The van der Waals surface area contributed by atoms with Crippen molar-refractivity contribution in [1.82, 2.24) is 0 Å². The molecule has 1 fully saturated rings. The molecular weight excluding hydrogens is 250 g/mol. The lowest BCUT2D eigenvalue weighted by Crippen LogP contribution is -2.54. The summed E-state index contributed by atoms with van der Waals surface area (Å²) in [7, 11) is 1.76. The van der Waals surface area contributed by atoms with Gasteiger partial charge >= 0.3 is 0 Å². The van der Waals surface area contributed by atoms with Gasteiger partial charge in [0.1, 0.15) is 5.75 Å². The fourth-order valence-corrected chi connectivity index (χ4v) is 3.41. The highest BCUT2D eigenvalue weighted by Crippen LogP contribution is 2.44. The molecule has 1 heterocycles. The highest BCUT2D eigenvalue weighted by Gasteiger charge is 2.41. The zero-order valence-corrected chi connectivity index (χ0v) is 13.0. The van der Waals surface area contributed by atoms with Gasteiger partial charge in [-0.2, -0.15) is 0 Å². The molecular formula is C17H28NO2+. The molecule has 1 aliphatic heterocycles. The number of quaternary nitrogens is 1. The molecule has 0 bridgehead atoms. The maximum Gasteiger partial charge on any atom is 0.122 e. The Labute approximate surface area is 122 Å². The van der Waals surface area contributed by atoms with Crippen LogP contribution in [0.15, 0.2) is 24.3 Å². The van der Waals surface area contributed by atoms with Crippen molar-refractivity contribution in [2.45, 2.75) is 44.6 Å². The summed E-state index contributed by atoms with van der Waals surface area (Å²) >= 11 is 0. The first-order chi connectivity index (χ1) is 9.63. The third-order valence-corrected chi connectivity index (χ3v) is 4.58. The summed E-state index contributed by atoms with van der Waals surface area (Å²) in [6, 6.07) is 8.44. The van der Waals surface area contributed by atoms with Crippen LogP contribution in [0.1, 0.15) is 38.7 Å². The van der Waals surface area contributed by atoms with Gasteiger partial charge in [-0.15, -0.1) is 0 Å². The van der Waals surface area contributed by atoms with Crippen molar-refractivity contribution >= 4 is 0 Å². The molecule has 0 aliphatic carbocycles. The zero-order valence-electron chi connectivity index (χ0n) is 13.0. The fourth-order valence-electron chi connectivity index (χ4n) is 3.41. The van der Waals surface area contributed by atoms with Crippen LogP contribution < -0.4 is 10.5 Å². The Morgan fingerprint density at radius 3 is 2.80 bits per heavy atom. The number of benzene rings is 1. The van der Waals surface area contributed by atoms with Crippen LogP contribution in [0.2, 0.25) is 0 Å². The lowest BCUT2D eigenvalue weighted by Gasteiger charge is -2.42. The van der Waals surface area contributed by atoms with Gasteiger partial charge < -0.3 is 15.2 Å². The molecule has 3 nitrogen and oxygen atoms in total. The molecule has 1 aliphatic rings. The molecule has 0 saturated carbocycles. The highest BCUT2D eigenvalue weighted by molar-refractivity contribution is 5.40. The maximum atomic E-state index is 5.97. The van der Waals surface area contributed by atoms with Crippen molar-refractivity contribution in [3.8, 4) is 5.75 Å².